The highest BCUT2D eigenvalue weighted by molar-refractivity contribution is 6.20. The molecule has 2 saturated heterocycles. The first kappa shape index (κ1) is 26.2. The third kappa shape index (κ3) is 3.67. The lowest BCUT2D eigenvalue weighted by Gasteiger charge is -2.29. The van der Waals surface area contributed by atoms with Crippen molar-refractivity contribution >= 4 is 50.3 Å². The summed E-state index contributed by atoms with van der Waals surface area (Å²) in [6, 6.07) is 3.31. The lowest BCUT2D eigenvalue weighted by molar-refractivity contribution is 0.0695. The van der Waals surface area contributed by atoms with Gasteiger partial charge in [0.1, 0.15) is 16.9 Å². The Labute approximate surface area is 239 Å². The van der Waals surface area contributed by atoms with Crippen molar-refractivity contribution in [1.29, 1.82) is 0 Å². The summed E-state index contributed by atoms with van der Waals surface area (Å²) in [5.74, 6) is -1.20. The normalized spacial score (nSPS) is 18.8. The maximum absolute atomic E-state index is 15.4. The number of nitrogens with one attached hydrogen (secondary N) is 2. The van der Waals surface area contributed by atoms with Gasteiger partial charge in [0.05, 0.1) is 40.2 Å². The third-order valence-corrected chi connectivity index (χ3v) is 8.82. The van der Waals surface area contributed by atoms with Gasteiger partial charge in [-0.3, -0.25) is 4.79 Å². The van der Waals surface area contributed by atoms with Crippen LogP contribution in [-0.2, 0) is 7.05 Å². The molecule has 6 heterocycles. The number of aromatic carboxylic acids is 1. The Hall–Kier alpha value is -4.71. The number of likely N-dealkylation sites (tertiary alicyclic amines) is 1. The minimum atomic E-state index is -1.30. The molecular formula is C30H30FN7O4. The van der Waals surface area contributed by atoms with Crippen molar-refractivity contribution < 1.29 is 19.0 Å². The highest BCUT2D eigenvalue weighted by atomic mass is 19.1. The number of aromatic amines is 1. The summed E-state index contributed by atoms with van der Waals surface area (Å²) < 4.78 is 22.6. The van der Waals surface area contributed by atoms with Crippen molar-refractivity contribution in [3.05, 3.63) is 52.3 Å². The molecule has 0 aliphatic carbocycles. The Balaban J connectivity index is 1.58. The van der Waals surface area contributed by atoms with E-state index in [1.165, 1.54) is 19.4 Å². The Kier molecular flexibility index (Phi) is 5.87. The summed E-state index contributed by atoms with van der Waals surface area (Å²) >= 11 is 0. The van der Waals surface area contributed by atoms with E-state index in [0.717, 1.165) is 37.1 Å². The second-order valence-electron chi connectivity index (χ2n) is 11.2. The largest absolute Gasteiger partial charge is 0.493 e. The van der Waals surface area contributed by atoms with Crippen LogP contribution < -0.4 is 20.4 Å². The van der Waals surface area contributed by atoms with E-state index in [1.54, 1.807) is 37.1 Å². The van der Waals surface area contributed by atoms with Gasteiger partial charge < -0.3 is 34.5 Å². The Bertz CT molecular complexity index is 2000. The number of methoxy groups -OCH3 is 1. The van der Waals surface area contributed by atoms with Crippen molar-refractivity contribution in [3.63, 3.8) is 0 Å². The quantitative estimate of drug-likeness (QED) is 0.290. The van der Waals surface area contributed by atoms with Crippen molar-refractivity contribution in [2.45, 2.75) is 12.5 Å². The van der Waals surface area contributed by atoms with Crippen LogP contribution in [0.15, 0.2) is 35.5 Å². The number of halogens is 1. The minimum absolute atomic E-state index is 0.117. The van der Waals surface area contributed by atoms with Crippen LogP contribution in [0.3, 0.4) is 0 Å². The molecule has 216 valence electrons. The number of ether oxygens (including phenoxy) is 1. The number of likely N-dealkylation sites (N-methyl/N-ethyl adjacent to an activating group) is 1. The number of aryl methyl sites for hydroxylation is 1. The number of carboxylic acids is 1. The summed E-state index contributed by atoms with van der Waals surface area (Å²) in [6.45, 7) is 2.67. The number of carboxylic acid groups (broad SMARTS) is 1. The smallest absolute Gasteiger partial charge is 0.341 e. The van der Waals surface area contributed by atoms with Gasteiger partial charge in [-0.15, -0.1) is 0 Å². The molecule has 2 aliphatic rings. The van der Waals surface area contributed by atoms with Gasteiger partial charge in [0, 0.05) is 75.6 Å². The zero-order valence-electron chi connectivity index (χ0n) is 23.7. The van der Waals surface area contributed by atoms with Gasteiger partial charge in [-0.25, -0.2) is 19.2 Å². The van der Waals surface area contributed by atoms with E-state index in [4.69, 9.17) is 9.72 Å². The van der Waals surface area contributed by atoms with Gasteiger partial charge in [0.15, 0.2) is 11.6 Å². The average Bonchev–Trinajstić information content (AvgIpc) is 3.66. The highest BCUT2D eigenvalue weighted by Crippen LogP contribution is 2.48. The van der Waals surface area contributed by atoms with Crippen LogP contribution in [0.5, 0.6) is 5.75 Å². The zero-order valence-corrected chi connectivity index (χ0v) is 23.7. The van der Waals surface area contributed by atoms with E-state index in [1.807, 2.05) is 0 Å². The number of carbonyl (C=O) groups is 1. The standard InChI is InChI=1S/C30H30FN7O4/c1-32-20-8-19(31)27(42-4)22-23-25(38-6-5-14-11-36(2)13-21(14)38)17(10-33-28(23)35-24(20)22)15-7-16-26(39)18(30(40)41)12-37(3)29(16)34-9-15/h7-10,12,14,21,32H,5-6,11,13H2,1-4H3,(H,33,35)(H,40,41)/t14-,21+/m0/s1. The van der Waals surface area contributed by atoms with Crippen molar-refractivity contribution in [2.75, 3.05) is 51.1 Å². The minimum Gasteiger partial charge on any atom is -0.493 e. The van der Waals surface area contributed by atoms with Crippen molar-refractivity contribution in [3.8, 4) is 16.9 Å². The predicted molar refractivity (Wildman–Crippen MR) is 159 cm³/mol. The molecular weight excluding hydrogens is 541 g/mol. The number of benzene rings is 1. The van der Waals surface area contributed by atoms with Crippen LogP contribution in [-0.4, -0.2) is 82.4 Å². The lowest BCUT2D eigenvalue weighted by Crippen LogP contribution is -2.35. The number of rotatable bonds is 5. The molecule has 0 saturated carbocycles. The lowest BCUT2D eigenvalue weighted by atomic mass is 9.99. The number of pyridine rings is 3. The molecule has 1 aromatic carbocycles. The van der Waals surface area contributed by atoms with E-state index in [9.17, 15) is 14.7 Å². The zero-order chi connectivity index (χ0) is 29.4. The fraction of sp³-hybridized carbons (Fsp3) is 0.333. The van der Waals surface area contributed by atoms with E-state index >= 15 is 4.39 Å². The second kappa shape index (κ2) is 9.41. The molecule has 3 N–H and O–H groups in total. The van der Waals surface area contributed by atoms with Gasteiger partial charge in [-0.1, -0.05) is 0 Å². The molecule has 12 heteroatoms. The number of nitrogens with zero attached hydrogens (tertiary/aromatic N) is 5. The monoisotopic (exact) mass is 571 g/mol. The molecule has 42 heavy (non-hydrogen) atoms. The van der Waals surface area contributed by atoms with E-state index < -0.39 is 17.2 Å². The fourth-order valence-electron chi connectivity index (χ4n) is 6.97. The predicted octanol–water partition coefficient (Wildman–Crippen LogP) is 3.66. The summed E-state index contributed by atoms with van der Waals surface area (Å²) in [6.07, 6.45) is 5.71. The summed E-state index contributed by atoms with van der Waals surface area (Å²) in [5.41, 5.74) is 3.45. The van der Waals surface area contributed by atoms with Crippen LogP contribution in [0.2, 0.25) is 0 Å². The first-order valence-corrected chi connectivity index (χ1v) is 13.8. The SMILES string of the molecule is CNc1cc(F)c(OC)c2c1[nH]c1ncc(-c3cnc4c(c3)c(=O)c(C(=O)O)cn4C)c(N3CC[C@H]4CN(C)C[C@H]43)c12. The molecule has 0 spiro atoms. The van der Waals surface area contributed by atoms with Crippen LogP contribution in [0.4, 0.5) is 15.8 Å². The fourth-order valence-corrected chi connectivity index (χ4v) is 6.97. The number of hydrogen-bond acceptors (Lipinski definition) is 8. The number of anilines is 2. The topological polar surface area (TPSA) is 129 Å². The maximum atomic E-state index is 15.4. The Morgan fingerprint density at radius 1 is 1.19 bits per heavy atom. The van der Waals surface area contributed by atoms with Gasteiger partial charge in [0.2, 0.25) is 5.43 Å². The molecule has 5 aromatic rings. The molecule has 2 atom stereocenters. The van der Waals surface area contributed by atoms with Gasteiger partial charge >= 0.3 is 5.97 Å². The molecule has 0 amide bonds. The van der Waals surface area contributed by atoms with Crippen molar-refractivity contribution in [1.82, 2.24) is 24.4 Å². The number of aromatic nitrogens is 4. The van der Waals surface area contributed by atoms with E-state index in [2.05, 4.69) is 32.1 Å². The average molecular weight is 572 g/mol. The third-order valence-electron chi connectivity index (χ3n) is 8.82. The summed E-state index contributed by atoms with van der Waals surface area (Å²) in [5, 5.41) is 14.2. The summed E-state index contributed by atoms with van der Waals surface area (Å²) in [7, 11) is 6.96. The van der Waals surface area contributed by atoms with Crippen LogP contribution in [0.1, 0.15) is 16.8 Å². The van der Waals surface area contributed by atoms with E-state index in [0.29, 0.717) is 44.9 Å². The van der Waals surface area contributed by atoms with Crippen LogP contribution in [0, 0.1) is 11.7 Å². The molecule has 2 aliphatic heterocycles. The summed E-state index contributed by atoms with van der Waals surface area (Å²) in [4.78, 5) is 42.5. The van der Waals surface area contributed by atoms with Gasteiger partial charge in [-0.2, -0.15) is 0 Å². The van der Waals surface area contributed by atoms with Gasteiger partial charge in [0.25, 0.3) is 0 Å². The Morgan fingerprint density at radius 3 is 2.74 bits per heavy atom. The highest BCUT2D eigenvalue weighted by Gasteiger charge is 2.42. The molecule has 0 bridgehead atoms. The molecule has 4 aromatic heterocycles. The maximum Gasteiger partial charge on any atom is 0.341 e. The Morgan fingerprint density at radius 2 is 2.00 bits per heavy atom. The molecule has 2 fully saturated rings. The molecule has 11 nitrogen and oxygen atoms in total. The number of hydrogen-bond donors (Lipinski definition) is 3. The second-order valence-corrected chi connectivity index (χ2v) is 11.2. The molecule has 0 unspecified atom stereocenters. The van der Waals surface area contributed by atoms with Crippen LogP contribution in [0.25, 0.3) is 44.1 Å². The van der Waals surface area contributed by atoms with Crippen LogP contribution >= 0.6 is 0 Å². The molecule has 7 rings (SSSR count). The van der Waals surface area contributed by atoms with Crippen molar-refractivity contribution in [2.24, 2.45) is 13.0 Å². The van der Waals surface area contributed by atoms with E-state index in [-0.39, 0.29) is 22.7 Å². The number of H-pyrrole nitrogens is 1. The first-order chi connectivity index (χ1) is 20.2. The number of fused-ring (bicyclic) bond motifs is 5. The molecule has 0 radical (unpaired) electrons. The van der Waals surface area contributed by atoms with Gasteiger partial charge in [-0.05, 0) is 25.5 Å². The first-order valence-electron chi connectivity index (χ1n) is 13.8.